The third kappa shape index (κ3) is 1.43. The molecular weight excluding hydrogens is 204 g/mol. The Bertz CT molecular complexity index is 345. The van der Waals surface area contributed by atoms with Gasteiger partial charge in [0.25, 0.3) is 0 Å². The van der Waals surface area contributed by atoms with Crippen LogP contribution in [0.15, 0.2) is 0 Å². The highest BCUT2D eigenvalue weighted by atomic mass is 16.2. The highest BCUT2D eigenvalue weighted by molar-refractivity contribution is 5.98. The summed E-state index contributed by atoms with van der Waals surface area (Å²) in [4.78, 5) is 27.9. The van der Waals surface area contributed by atoms with Crippen LogP contribution in [0, 0.1) is 0 Å². The lowest BCUT2D eigenvalue weighted by molar-refractivity contribution is -0.165. The second-order valence-corrected chi connectivity index (χ2v) is 5.98. The van der Waals surface area contributed by atoms with Crippen molar-refractivity contribution < 1.29 is 9.59 Å². The Labute approximate surface area is 96.6 Å². The zero-order valence-corrected chi connectivity index (χ0v) is 10.5. The Morgan fingerprint density at radius 3 is 2.44 bits per heavy atom. The molecule has 2 rings (SSSR count). The maximum absolute atomic E-state index is 12.5. The third-order valence-corrected chi connectivity index (χ3v) is 3.75. The second kappa shape index (κ2) is 3.22. The second-order valence-electron chi connectivity index (χ2n) is 5.98. The molecule has 4 heteroatoms. The van der Waals surface area contributed by atoms with Crippen LogP contribution in [0.3, 0.4) is 0 Å². The van der Waals surface area contributed by atoms with Crippen molar-refractivity contribution in [3.05, 3.63) is 0 Å². The highest BCUT2D eigenvalue weighted by Gasteiger charge is 2.53. The number of carbonyl (C=O) groups is 2. The molecule has 16 heavy (non-hydrogen) atoms. The Hall–Kier alpha value is -1.06. The Morgan fingerprint density at radius 2 is 1.88 bits per heavy atom. The van der Waals surface area contributed by atoms with Crippen molar-refractivity contribution in [3.63, 3.8) is 0 Å². The zero-order chi connectivity index (χ0) is 12.1. The molecular formula is C12H20N2O2. The molecule has 0 bridgehead atoms. The fraction of sp³-hybridized carbons (Fsp3) is 0.833. The fourth-order valence-electron chi connectivity index (χ4n) is 2.71. The van der Waals surface area contributed by atoms with Gasteiger partial charge in [0, 0.05) is 12.1 Å². The van der Waals surface area contributed by atoms with Gasteiger partial charge in [-0.2, -0.15) is 0 Å². The number of nitrogens with zero attached hydrogens (tertiary/aromatic N) is 2. The average molecular weight is 224 g/mol. The zero-order valence-electron chi connectivity index (χ0n) is 10.5. The van der Waals surface area contributed by atoms with E-state index in [4.69, 9.17) is 0 Å². The van der Waals surface area contributed by atoms with Crippen molar-refractivity contribution in [1.29, 1.82) is 0 Å². The molecule has 0 radical (unpaired) electrons. The van der Waals surface area contributed by atoms with Crippen molar-refractivity contribution >= 4 is 11.8 Å². The van der Waals surface area contributed by atoms with E-state index in [-0.39, 0.29) is 23.9 Å². The van der Waals surface area contributed by atoms with E-state index in [9.17, 15) is 9.59 Å². The molecule has 2 saturated heterocycles. The minimum atomic E-state index is -0.581. The van der Waals surface area contributed by atoms with Crippen molar-refractivity contribution in [2.24, 2.45) is 0 Å². The van der Waals surface area contributed by atoms with Gasteiger partial charge in [0.15, 0.2) is 0 Å². The van der Waals surface area contributed by atoms with Gasteiger partial charge >= 0.3 is 0 Å². The van der Waals surface area contributed by atoms with Gasteiger partial charge in [-0.3, -0.25) is 9.59 Å². The van der Waals surface area contributed by atoms with E-state index in [1.165, 1.54) is 0 Å². The molecule has 0 aromatic heterocycles. The number of hydrogen-bond acceptors (Lipinski definition) is 2. The first kappa shape index (κ1) is 11.4. The largest absolute Gasteiger partial charge is 0.327 e. The van der Waals surface area contributed by atoms with E-state index < -0.39 is 5.54 Å². The first-order valence-electron chi connectivity index (χ1n) is 5.89. The summed E-state index contributed by atoms with van der Waals surface area (Å²) in [6.45, 7) is 8.81. The SMILES string of the molecule is CC(C)(C)N1CC(=O)N2CCCC2(C)C1=O. The molecule has 2 fully saturated rings. The predicted molar refractivity (Wildman–Crippen MR) is 60.8 cm³/mol. The van der Waals surface area contributed by atoms with E-state index in [0.29, 0.717) is 0 Å². The normalized spacial score (nSPS) is 31.0. The standard InChI is InChI=1S/C12H20N2O2/c1-11(2,3)14-8-9(15)13-7-5-6-12(13,4)10(14)16/h5-8H2,1-4H3. The molecule has 2 aliphatic heterocycles. The number of carbonyl (C=O) groups excluding carboxylic acids is 2. The summed E-state index contributed by atoms with van der Waals surface area (Å²) in [7, 11) is 0. The number of amides is 2. The number of hydrogen-bond donors (Lipinski definition) is 0. The van der Waals surface area contributed by atoms with Gasteiger partial charge < -0.3 is 9.80 Å². The summed E-state index contributed by atoms with van der Waals surface area (Å²) in [5.41, 5.74) is -0.854. The van der Waals surface area contributed by atoms with Crippen molar-refractivity contribution in [2.45, 2.75) is 51.6 Å². The molecule has 4 nitrogen and oxygen atoms in total. The first-order chi connectivity index (χ1) is 7.27. The van der Waals surface area contributed by atoms with Gasteiger partial charge in [-0.05, 0) is 40.5 Å². The fourth-order valence-corrected chi connectivity index (χ4v) is 2.71. The summed E-state index contributed by atoms with van der Waals surface area (Å²) in [5.74, 6) is 0.201. The van der Waals surface area contributed by atoms with Crippen LogP contribution < -0.4 is 0 Å². The van der Waals surface area contributed by atoms with Crippen LogP contribution in [-0.4, -0.2) is 45.8 Å². The third-order valence-electron chi connectivity index (χ3n) is 3.75. The Kier molecular flexibility index (Phi) is 2.30. The first-order valence-corrected chi connectivity index (χ1v) is 5.89. The van der Waals surface area contributed by atoms with Crippen LogP contribution in [0.5, 0.6) is 0 Å². The minimum absolute atomic E-state index is 0.0922. The number of fused-ring (bicyclic) bond motifs is 1. The highest BCUT2D eigenvalue weighted by Crippen LogP contribution is 2.36. The summed E-state index contributed by atoms with van der Waals surface area (Å²) in [5, 5.41) is 0. The Morgan fingerprint density at radius 1 is 1.25 bits per heavy atom. The summed E-state index contributed by atoms with van der Waals surface area (Å²) >= 11 is 0. The molecule has 2 heterocycles. The molecule has 90 valence electrons. The monoisotopic (exact) mass is 224 g/mol. The smallest absolute Gasteiger partial charge is 0.249 e. The van der Waals surface area contributed by atoms with E-state index in [2.05, 4.69) is 0 Å². The van der Waals surface area contributed by atoms with E-state index in [0.717, 1.165) is 19.4 Å². The van der Waals surface area contributed by atoms with Gasteiger partial charge in [0.05, 0.1) is 0 Å². The van der Waals surface area contributed by atoms with Crippen LogP contribution in [0.25, 0.3) is 0 Å². The lowest BCUT2D eigenvalue weighted by atomic mass is 9.91. The molecule has 0 aliphatic carbocycles. The van der Waals surface area contributed by atoms with Crippen molar-refractivity contribution in [2.75, 3.05) is 13.1 Å². The summed E-state index contributed by atoms with van der Waals surface area (Å²) < 4.78 is 0. The molecule has 0 spiro atoms. The van der Waals surface area contributed by atoms with Crippen LogP contribution >= 0.6 is 0 Å². The number of rotatable bonds is 0. The van der Waals surface area contributed by atoms with E-state index >= 15 is 0 Å². The van der Waals surface area contributed by atoms with Crippen LogP contribution in [0.4, 0.5) is 0 Å². The molecule has 1 unspecified atom stereocenters. The molecule has 2 aliphatic rings. The van der Waals surface area contributed by atoms with Gasteiger partial charge in [-0.15, -0.1) is 0 Å². The van der Waals surface area contributed by atoms with E-state index in [1.54, 1.807) is 9.80 Å². The summed E-state index contributed by atoms with van der Waals surface area (Å²) in [6, 6.07) is 0. The summed E-state index contributed by atoms with van der Waals surface area (Å²) in [6.07, 6.45) is 1.73. The predicted octanol–water partition coefficient (Wildman–Crippen LogP) is 1.01. The molecule has 0 saturated carbocycles. The van der Waals surface area contributed by atoms with Crippen LogP contribution in [-0.2, 0) is 9.59 Å². The Balaban J connectivity index is 2.36. The van der Waals surface area contributed by atoms with Crippen LogP contribution in [0.2, 0.25) is 0 Å². The minimum Gasteiger partial charge on any atom is -0.327 e. The maximum Gasteiger partial charge on any atom is 0.249 e. The molecule has 2 amide bonds. The van der Waals surface area contributed by atoms with Gasteiger partial charge in [-0.1, -0.05) is 0 Å². The topological polar surface area (TPSA) is 40.6 Å². The molecule has 0 aromatic carbocycles. The van der Waals surface area contributed by atoms with E-state index in [1.807, 2.05) is 27.7 Å². The molecule has 0 aromatic rings. The van der Waals surface area contributed by atoms with Crippen molar-refractivity contribution in [3.8, 4) is 0 Å². The van der Waals surface area contributed by atoms with Gasteiger partial charge in [0.1, 0.15) is 12.1 Å². The van der Waals surface area contributed by atoms with Crippen LogP contribution in [0.1, 0.15) is 40.5 Å². The quantitative estimate of drug-likeness (QED) is 0.616. The average Bonchev–Trinajstić information content (AvgIpc) is 2.54. The molecule has 0 N–H and O–H groups in total. The maximum atomic E-state index is 12.5. The van der Waals surface area contributed by atoms with Gasteiger partial charge in [-0.25, -0.2) is 0 Å². The van der Waals surface area contributed by atoms with Crippen molar-refractivity contribution in [1.82, 2.24) is 9.80 Å². The lowest BCUT2D eigenvalue weighted by Crippen LogP contribution is -2.67. The molecule has 1 atom stereocenters. The lowest BCUT2D eigenvalue weighted by Gasteiger charge is -2.48. The number of piperazine rings is 1. The van der Waals surface area contributed by atoms with Gasteiger partial charge in [0.2, 0.25) is 11.8 Å².